The highest BCUT2D eigenvalue weighted by Crippen LogP contribution is 2.50. The van der Waals surface area contributed by atoms with E-state index >= 15 is 0 Å². The largest absolute Gasteiger partial charge is 0.308 e. The molecular weight excluding hydrogens is 643 g/mol. The van der Waals surface area contributed by atoms with Crippen LogP contribution >= 0.6 is 0 Å². The summed E-state index contributed by atoms with van der Waals surface area (Å²) in [6, 6.07) is 63.5. The molecule has 0 bridgehead atoms. The topological polar surface area (TPSA) is 30.7 Å². The van der Waals surface area contributed by atoms with Crippen LogP contribution in [0.4, 0.5) is 0 Å². The molecular formula is C50H29N3. The monoisotopic (exact) mass is 671 g/mol. The van der Waals surface area contributed by atoms with Gasteiger partial charge in [0, 0.05) is 32.7 Å². The van der Waals surface area contributed by atoms with Gasteiger partial charge in [-0.05, 0) is 68.1 Å². The molecule has 11 aromatic rings. The maximum atomic E-state index is 5.56. The van der Waals surface area contributed by atoms with E-state index in [-0.39, 0.29) is 0 Å². The molecule has 53 heavy (non-hydrogen) atoms. The number of benzene rings is 9. The highest BCUT2D eigenvalue weighted by molar-refractivity contribution is 6.31. The molecule has 0 saturated carbocycles. The van der Waals surface area contributed by atoms with E-state index in [0.717, 1.165) is 50.0 Å². The predicted octanol–water partition coefficient (Wildman–Crippen LogP) is 13.2. The average Bonchev–Trinajstić information content (AvgIpc) is 3.51. The number of rotatable bonds is 3. The first-order valence-corrected chi connectivity index (χ1v) is 18.2. The normalized spacial score (nSPS) is 12.2. The average molecular weight is 672 g/mol. The highest BCUT2D eigenvalue weighted by atomic mass is 15.0. The van der Waals surface area contributed by atoms with Crippen LogP contribution in [0.1, 0.15) is 0 Å². The van der Waals surface area contributed by atoms with E-state index < -0.39 is 0 Å². The molecule has 0 spiro atoms. The van der Waals surface area contributed by atoms with Crippen LogP contribution in [-0.4, -0.2) is 14.5 Å². The molecule has 1 aliphatic carbocycles. The molecule has 1 aliphatic rings. The van der Waals surface area contributed by atoms with E-state index in [9.17, 15) is 0 Å². The Labute approximate surface area is 305 Å². The Hall–Kier alpha value is -7.10. The molecule has 12 rings (SSSR count). The maximum absolute atomic E-state index is 5.56. The number of nitrogens with zero attached hydrogens (tertiary/aromatic N) is 3. The first-order valence-electron chi connectivity index (χ1n) is 18.2. The Balaban J connectivity index is 1.22. The van der Waals surface area contributed by atoms with Gasteiger partial charge in [0.15, 0.2) is 0 Å². The summed E-state index contributed by atoms with van der Waals surface area (Å²) in [7, 11) is 0. The van der Waals surface area contributed by atoms with Crippen molar-refractivity contribution in [3.63, 3.8) is 0 Å². The number of hydrogen-bond donors (Lipinski definition) is 0. The molecule has 0 fully saturated rings. The minimum Gasteiger partial charge on any atom is -0.308 e. The first-order chi connectivity index (χ1) is 26.3. The zero-order chi connectivity index (χ0) is 34.6. The van der Waals surface area contributed by atoms with E-state index in [2.05, 4.69) is 180 Å². The van der Waals surface area contributed by atoms with Crippen LogP contribution in [0.5, 0.6) is 0 Å². The molecule has 244 valence electrons. The molecule has 2 heterocycles. The van der Waals surface area contributed by atoms with Crippen molar-refractivity contribution in [2.75, 3.05) is 0 Å². The van der Waals surface area contributed by atoms with Crippen LogP contribution in [0.25, 0.3) is 116 Å². The Morgan fingerprint density at radius 3 is 1.83 bits per heavy atom. The Bertz CT molecular complexity index is 3340. The smallest absolute Gasteiger partial charge is 0.0974 e. The fraction of sp³-hybridized carbons (Fsp3) is 0. The minimum atomic E-state index is 0.867. The summed E-state index contributed by atoms with van der Waals surface area (Å²) in [5, 5.41) is 9.76. The second-order valence-electron chi connectivity index (χ2n) is 14.1. The van der Waals surface area contributed by atoms with Crippen molar-refractivity contribution in [3.8, 4) is 50.5 Å². The first kappa shape index (κ1) is 28.6. The molecule has 0 unspecified atom stereocenters. The lowest BCUT2D eigenvalue weighted by Gasteiger charge is -2.17. The van der Waals surface area contributed by atoms with Crippen LogP contribution in [0.3, 0.4) is 0 Å². The van der Waals surface area contributed by atoms with Crippen LogP contribution < -0.4 is 0 Å². The standard InChI is InChI=1S/C50H29N3/c1-2-13-32(14-3-1)48-49(34-25-24-30-12-4-5-15-33(30)28-34)51-41-29-44(37-19-8-9-20-40(37)50(41)52-48)53-42-23-11-22-39-36-18-7-6-17-35(36)38-21-10-16-31-26-27-43(53)47(45(31)38)46(39)42/h1-29H. The summed E-state index contributed by atoms with van der Waals surface area (Å²) in [6.45, 7) is 0. The van der Waals surface area contributed by atoms with Crippen LogP contribution in [0.15, 0.2) is 176 Å². The van der Waals surface area contributed by atoms with Crippen LogP contribution in [0.2, 0.25) is 0 Å². The summed E-state index contributed by atoms with van der Waals surface area (Å²) in [6.07, 6.45) is 0. The van der Waals surface area contributed by atoms with Crippen molar-refractivity contribution in [3.05, 3.63) is 176 Å². The number of hydrogen-bond acceptors (Lipinski definition) is 2. The molecule has 0 saturated heterocycles. The van der Waals surface area contributed by atoms with Gasteiger partial charge in [0.2, 0.25) is 0 Å². The zero-order valence-corrected chi connectivity index (χ0v) is 28.6. The van der Waals surface area contributed by atoms with Crippen LogP contribution in [0, 0.1) is 0 Å². The van der Waals surface area contributed by atoms with Gasteiger partial charge in [-0.3, -0.25) is 0 Å². The molecule has 3 nitrogen and oxygen atoms in total. The Morgan fingerprint density at radius 1 is 0.358 bits per heavy atom. The van der Waals surface area contributed by atoms with E-state index in [1.807, 2.05) is 0 Å². The highest BCUT2D eigenvalue weighted by Gasteiger charge is 2.26. The van der Waals surface area contributed by atoms with Gasteiger partial charge in [0.05, 0.1) is 39.1 Å². The van der Waals surface area contributed by atoms with Gasteiger partial charge in [0.25, 0.3) is 0 Å². The number of aromatic nitrogens is 3. The van der Waals surface area contributed by atoms with Crippen LogP contribution in [-0.2, 0) is 0 Å². The SMILES string of the molecule is c1ccc(-c2nc3c(cc(-n4c5cccc6c5c5c7c(cccc7ccc54)-c4ccccc4-6)c4ccccc43)nc2-c2ccc3ccccc3c2)cc1. The Morgan fingerprint density at radius 2 is 0.981 bits per heavy atom. The second-order valence-corrected chi connectivity index (χ2v) is 14.1. The fourth-order valence-corrected chi connectivity index (χ4v) is 8.98. The summed E-state index contributed by atoms with van der Waals surface area (Å²) >= 11 is 0. The lowest BCUT2D eigenvalue weighted by atomic mass is 9.93. The fourth-order valence-electron chi connectivity index (χ4n) is 8.98. The van der Waals surface area contributed by atoms with Gasteiger partial charge in [-0.1, -0.05) is 152 Å². The van der Waals surface area contributed by atoms with Gasteiger partial charge in [-0.2, -0.15) is 0 Å². The van der Waals surface area contributed by atoms with Gasteiger partial charge in [-0.25, -0.2) is 9.97 Å². The predicted molar refractivity (Wildman–Crippen MR) is 222 cm³/mol. The molecule has 0 radical (unpaired) electrons. The van der Waals surface area contributed by atoms with E-state index in [4.69, 9.17) is 9.97 Å². The van der Waals surface area contributed by atoms with Crippen molar-refractivity contribution >= 4 is 65.2 Å². The van der Waals surface area contributed by atoms with Crippen molar-refractivity contribution in [1.82, 2.24) is 14.5 Å². The van der Waals surface area contributed by atoms with Gasteiger partial charge in [-0.15, -0.1) is 0 Å². The maximum Gasteiger partial charge on any atom is 0.0974 e. The van der Waals surface area contributed by atoms with E-state index in [1.165, 1.54) is 65.6 Å². The quantitative estimate of drug-likeness (QED) is 0.175. The summed E-state index contributed by atoms with van der Waals surface area (Å²) in [5.41, 5.74) is 14.2. The van der Waals surface area contributed by atoms with Gasteiger partial charge >= 0.3 is 0 Å². The molecule has 0 N–H and O–H groups in total. The lowest BCUT2D eigenvalue weighted by Crippen LogP contribution is -2.00. The second kappa shape index (κ2) is 10.7. The number of fused-ring (bicyclic) bond motifs is 7. The Kier molecular flexibility index (Phi) is 5.77. The van der Waals surface area contributed by atoms with Crippen molar-refractivity contribution in [1.29, 1.82) is 0 Å². The van der Waals surface area contributed by atoms with Crippen molar-refractivity contribution < 1.29 is 0 Å². The minimum absolute atomic E-state index is 0.867. The third-order valence-electron chi connectivity index (χ3n) is 11.3. The van der Waals surface area contributed by atoms with Gasteiger partial charge in [0.1, 0.15) is 0 Å². The van der Waals surface area contributed by atoms with Crippen molar-refractivity contribution in [2.45, 2.75) is 0 Å². The third-order valence-corrected chi connectivity index (χ3v) is 11.3. The van der Waals surface area contributed by atoms with Crippen molar-refractivity contribution in [2.24, 2.45) is 0 Å². The summed E-state index contributed by atoms with van der Waals surface area (Å²) in [4.78, 5) is 11.1. The molecule has 0 aliphatic heterocycles. The zero-order valence-electron chi connectivity index (χ0n) is 28.6. The van der Waals surface area contributed by atoms with E-state index in [0.29, 0.717) is 0 Å². The summed E-state index contributed by atoms with van der Waals surface area (Å²) in [5.74, 6) is 0. The molecule has 0 atom stereocenters. The molecule has 9 aromatic carbocycles. The summed E-state index contributed by atoms with van der Waals surface area (Å²) < 4.78 is 2.47. The molecule has 2 aromatic heterocycles. The van der Waals surface area contributed by atoms with Gasteiger partial charge < -0.3 is 4.57 Å². The third kappa shape index (κ3) is 3.99. The molecule has 3 heteroatoms. The lowest BCUT2D eigenvalue weighted by molar-refractivity contribution is 1.19. The molecule has 0 amide bonds. The van der Waals surface area contributed by atoms with E-state index in [1.54, 1.807) is 0 Å².